The number of aromatic nitrogens is 4. The van der Waals surface area contributed by atoms with Crippen LogP contribution in [0.5, 0.6) is 0 Å². The topological polar surface area (TPSA) is 69.2 Å². The Morgan fingerprint density at radius 3 is 3.00 bits per heavy atom. The van der Waals surface area contributed by atoms with Gasteiger partial charge in [-0.2, -0.15) is 0 Å². The number of rotatable bonds is 4. The van der Waals surface area contributed by atoms with E-state index in [4.69, 9.17) is 9.26 Å². The van der Waals surface area contributed by atoms with Crippen molar-refractivity contribution in [1.82, 2.24) is 24.8 Å². The summed E-state index contributed by atoms with van der Waals surface area (Å²) in [6, 6.07) is 0.250. The lowest BCUT2D eigenvalue weighted by Crippen LogP contribution is -2.27. The van der Waals surface area contributed by atoms with Gasteiger partial charge in [-0.05, 0) is 32.1 Å². The molecule has 134 valence electrons. The van der Waals surface area contributed by atoms with Crippen LogP contribution in [0.15, 0.2) is 4.52 Å². The lowest BCUT2D eigenvalue weighted by molar-refractivity contribution is 0.107. The summed E-state index contributed by atoms with van der Waals surface area (Å²) in [7, 11) is 1.80. The molecule has 2 atom stereocenters. The molecule has 3 aliphatic rings. The molecule has 2 aromatic heterocycles. The Labute approximate surface area is 147 Å². The average Bonchev–Trinajstić information content (AvgIpc) is 3.38. The van der Waals surface area contributed by atoms with Gasteiger partial charge in [-0.25, -0.2) is 0 Å². The number of fused-ring (bicyclic) bond motifs is 2. The summed E-state index contributed by atoms with van der Waals surface area (Å²) in [5.74, 6) is 3.34. The monoisotopic (exact) mass is 343 g/mol. The van der Waals surface area contributed by atoms with Crippen molar-refractivity contribution in [3.05, 3.63) is 28.7 Å². The van der Waals surface area contributed by atoms with Crippen molar-refractivity contribution < 1.29 is 9.26 Å². The van der Waals surface area contributed by atoms with Gasteiger partial charge < -0.3 is 13.8 Å². The van der Waals surface area contributed by atoms with E-state index in [9.17, 15) is 0 Å². The molecule has 0 saturated carbocycles. The minimum absolute atomic E-state index is 0.238. The molecule has 5 rings (SSSR count). The quantitative estimate of drug-likeness (QED) is 0.846. The molecule has 1 saturated heterocycles. The standard InChI is InChI=1S/C18H25N5O2/c1-24-12-9-15(18-20-19-17-7-4-8-23(17)18)22(10-12)11-14-13-5-2-3-6-16(13)25-21-14/h12,15H,2-11H2,1H3/t12-,15+/m1/s1. The number of methoxy groups -OCH3 is 1. The normalized spacial score (nSPS) is 26.1. The molecule has 0 amide bonds. The zero-order chi connectivity index (χ0) is 16.8. The second-order valence-electron chi connectivity index (χ2n) is 7.51. The zero-order valence-corrected chi connectivity index (χ0v) is 14.8. The maximum Gasteiger partial charge on any atom is 0.150 e. The number of nitrogens with zero attached hydrogens (tertiary/aromatic N) is 5. The van der Waals surface area contributed by atoms with Crippen LogP contribution in [0.2, 0.25) is 0 Å². The highest BCUT2D eigenvalue weighted by molar-refractivity contribution is 5.25. The summed E-state index contributed by atoms with van der Waals surface area (Å²) < 4.78 is 13.6. The SMILES string of the molecule is CO[C@@H]1C[C@@H](c2nnc3n2CCC3)N(Cc2noc3c2CCCC3)C1. The van der Waals surface area contributed by atoms with Crippen LogP contribution in [0.1, 0.15) is 60.4 Å². The molecule has 0 N–H and O–H groups in total. The van der Waals surface area contributed by atoms with Gasteiger partial charge in [0.1, 0.15) is 17.3 Å². The molecule has 0 radical (unpaired) electrons. The van der Waals surface area contributed by atoms with Gasteiger partial charge in [0.05, 0.1) is 12.1 Å². The number of ether oxygens (including phenoxy) is 1. The number of likely N-dealkylation sites (tertiary alicyclic amines) is 1. The molecule has 25 heavy (non-hydrogen) atoms. The number of hydrogen-bond acceptors (Lipinski definition) is 6. The van der Waals surface area contributed by atoms with Crippen LogP contribution in [-0.2, 0) is 37.1 Å². The fourth-order valence-corrected chi connectivity index (χ4v) is 4.66. The zero-order valence-electron chi connectivity index (χ0n) is 14.8. The molecule has 0 spiro atoms. The lowest BCUT2D eigenvalue weighted by Gasteiger charge is -2.23. The summed E-state index contributed by atoms with van der Waals surface area (Å²) >= 11 is 0. The highest BCUT2D eigenvalue weighted by Gasteiger charge is 2.38. The molecular formula is C18H25N5O2. The first-order chi connectivity index (χ1) is 12.3. The fraction of sp³-hybridized carbons (Fsp3) is 0.722. The van der Waals surface area contributed by atoms with Crippen LogP contribution in [0.25, 0.3) is 0 Å². The largest absolute Gasteiger partial charge is 0.380 e. The van der Waals surface area contributed by atoms with E-state index >= 15 is 0 Å². The first-order valence-electron chi connectivity index (χ1n) is 9.48. The Kier molecular flexibility index (Phi) is 3.86. The molecule has 2 aromatic rings. The van der Waals surface area contributed by atoms with E-state index in [1.807, 2.05) is 0 Å². The molecule has 7 heteroatoms. The van der Waals surface area contributed by atoms with Crippen molar-refractivity contribution in [1.29, 1.82) is 0 Å². The Bertz CT molecular complexity index is 768. The van der Waals surface area contributed by atoms with Crippen LogP contribution in [-0.4, -0.2) is 44.6 Å². The van der Waals surface area contributed by atoms with E-state index in [1.165, 1.54) is 24.8 Å². The maximum absolute atomic E-state index is 5.68. The molecule has 0 bridgehead atoms. The smallest absolute Gasteiger partial charge is 0.150 e. The van der Waals surface area contributed by atoms with Crippen molar-refractivity contribution in [2.75, 3.05) is 13.7 Å². The van der Waals surface area contributed by atoms with Gasteiger partial charge in [0.25, 0.3) is 0 Å². The minimum Gasteiger partial charge on any atom is -0.380 e. The van der Waals surface area contributed by atoms with E-state index < -0.39 is 0 Å². The first kappa shape index (κ1) is 15.5. The van der Waals surface area contributed by atoms with Gasteiger partial charge in [0.15, 0.2) is 5.82 Å². The van der Waals surface area contributed by atoms with E-state index in [0.29, 0.717) is 0 Å². The minimum atomic E-state index is 0.238. The fourth-order valence-electron chi connectivity index (χ4n) is 4.66. The maximum atomic E-state index is 5.68. The molecule has 2 aliphatic heterocycles. The molecule has 1 fully saturated rings. The molecular weight excluding hydrogens is 318 g/mol. The summed E-state index contributed by atoms with van der Waals surface area (Å²) in [4.78, 5) is 2.45. The van der Waals surface area contributed by atoms with Gasteiger partial charge in [0, 0.05) is 45.1 Å². The van der Waals surface area contributed by atoms with Crippen molar-refractivity contribution in [2.45, 2.75) is 70.2 Å². The second-order valence-corrected chi connectivity index (χ2v) is 7.51. The molecule has 1 aliphatic carbocycles. The van der Waals surface area contributed by atoms with Crippen LogP contribution < -0.4 is 0 Å². The summed E-state index contributed by atoms with van der Waals surface area (Å²) in [6.07, 6.45) is 8.01. The van der Waals surface area contributed by atoms with Crippen LogP contribution in [0, 0.1) is 0 Å². The molecule has 0 unspecified atom stereocenters. The Morgan fingerprint density at radius 2 is 2.08 bits per heavy atom. The van der Waals surface area contributed by atoms with Gasteiger partial charge in [-0.15, -0.1) is 10.2 Å². The predicted octanol–water partition coefficient (Wildman–Crippen LogP) is 2.05. The Hall–Kier alpha value is -1.73. The van der Waals surface area contributed by atoms with Gasteiger partial charge >= 0.3 is 0 Å². The number of hydrogen-bond donors (Lipinski definition) is 0. The van der Waals surface area contributed by atoms with Crippen LogP contribution in [0.4, 0.5) is 0 Å². The van der Waals surface area contributed by atoms with Gasteiger partial charge in [0.2, 0.25) is 0 Å². The molecule has 4 heterocycles. The molecule has 0 aromatic carbocycles. The van der Waals surface area contributed by atoms with Crippen molar-refractivity contribution >= 4 is 0 Å². The van der Waals surface area contributed by atoms with E-state index in [1.54, 1.807) is 7.11 Å². The Balaban J connectivity index is 1.43. The third-order valence-corrected chi connectivity index (χ3v) is 6.02. The highest BCUT2D eigenvalue weighted by atomic mass is 16.5. The lowest BCUT2D eigenvalue weighted by atomic mass is 9.96. The van der Waals surface area contributed by atoms with Crippen molar-refractivity contribution in [3.8, 4) is 0 Å². The summed E-state index contributed by atoms with van der Waals surface area (Å²) in [5, 5.41) is 13.3. The van der Waals surface area contributed by atoms with Crippen molar-refractivity contribution in [2.24, 2.45) is 0 Å². The average molecular weight is 343 g/mol. The predicted molar refractivity (Wildman–Crippen MR) is 90.1 cm³/mol. The third-order valence-electron chi connectivity index (χ3n) is 6.02. The van der Waals surface area contributed by atoms with Crippen LogP contribution >= 0.6 is 0 Å². The summed E-state index contributed by atoms with van der Waals surface area (Å²) in [6.45, 7) is 2.76. The highest BCUT2D eigenvalue weighted by Crippen LogP contribution is 2.36. The molecule has 7 nitrogen and oxygen atoms in total. The van der Waals surface area contributed by atoms with Crippen LogP contribution in [0.3, 0.4) is 0 Å². The second kappa shape index (κ2) is 6.21. The van der Waals surface area contributed by atoms with E-state index in [2.05, 4.69) is 24.8 Å². The summed E-state index contributed by atoms with van der Waals surface area (Å²) in [5.41, 5.74) is 2.45. The third kappa shape index (κ3) is 2.60. The Morgan fingerprint density at radius 1 is 1.16 bits per heavy atom. The first-order valence-corrected chi connectivity index (χ1v) is 9.48. The van der Waals surface area contributed by atoms with E-state index in [-0.39, 0.29) is 12.1 Å². The van der Waals surface area contributed by atoms with Crippen molar-refractivity contribution in [3.63, 3.8) is 0 Å². The van der Waals surface area contributed by atoms with Gasteiger partial charge in [-0.3, -0.25) is 4.90 Å². The van der Waals surface area contributed by atoms with Gasteiger partial charge in [-0.1, -0.05) is 5.16 Å². The van der Waals surface area contributed by atoms with E-state index in [0.717, 1.165) is 68.4 Å². The number of aryl methyl sites for hydroxylation is 2.